The normalized spacial score (nSPS) is 10.8. The van der Waals surface area contributed by atoms with Crippen molar-refractivity contribution in [1.29, 1.82) is 0 Å². The second kappa shape index (κ2) is 3.00. The first-order valence-corrected chi connectivity index (χ1v) is 4.18. The summed E-state index contributed by atoms with van der Waals surface area (Å²) in [6, 6.07) is 5.00. The molecular formula is C8H10BN3O2. The second-order valence-corrected chi connectivity index (χ2v) is 3.16. The van der Waals surface area contributed by atoms with Crippen molar-refractivity contribution in [1.82, 2.24) is 9.78 Å². The summed E-state index contributed by atoms with van der Waals surface area (Å²) in [6.45, 7) is 0. The number of aromatic nitrogens is 2. The minimum atomic E-state index is -1.46. The van der Waals surface area contributed by atoms with Gasteiger partial charge in [-0.3, -0.25) is 4.68 Å². The van der Waals surface area contributed by atoms with Gasteiger partial charge in [-0.25, -0.2) is 0 Å². The number of hydrogen-bond acceptors (Lipinski definition) is 4. The summed E-state index contributed by atoms with van der Waals surface area (Å²) in [6.07, 6.45) is 0. The average molecular weight is 191 g/mol. The summed E-state index contributed by atoms with van der Waals surface area (Å²) >= 11 is 0. The van der Waals surface area contributed by atoms with Crippen molar-refractivity contribution in [3.05, 3.63) is 18.2 Å². The molecule has 2 aromatic rings. The molecule has 0 saturated carbocycles. The number of rotatable bonds is 1. The molecule has 6 heteroatoms. The van der Waals surface area contributed by atoms with Gasteiger partial charge in [0.05, 0.1) is 5.52 Å². The molecule has 72 valence electrons. The van der Waals surface area contributed by atoms with Crippen molar-refractivity contribution in [2.45, 2.75) is 0 Å². The Bertz CT molecular complexity index is 481. The zero-order chi connectivity index (χ0) is 10.3. The summed E-state index contributed by atoms with van der Waals surface area (Å²) in [5.74, 6) is 0.446. The first-order chi connectivity index (χ1) is 6.59. The standard InChI is InChI=1S/C8H10BN3O2/c1-12-7-4-5(9(13)14)2-3-6(7)8(10)11-12/h2-4,13-14H,1H3,(H2,10,11). The van der Waals surface area contributed by atoms with Gasteiger partial charge in [-0.2, -0.15) is 5.10 Å². The third-order valence-electron chi connectivity index (χ3n) is 2.20. The smallest absolute Gasteiger partial charge is 0.423 e. The van der Waals surface area contributed by atoms with Gasteiger partial charge in [0.25, 0.3) is 0 Å². The Hall–Kier alpha value is -1.53. The zero-order valence-corrected chi connectivity index (χ0v) is 7.68. The number of benzene rings is 1. The SMILES string of the molecule is Cn1nc(N)c2ccc(B(O)O)cc21. The van der Waals surface area contributed by atoms with E-state index in [-0.39, 0.29) is 0 Å². The second-order valence-electron chi connectivity index (χ2n) is 3.16. The van der Waals surface area contributed by atoms with Crippen LogP contribution in [0.25, 0.3) is 10.9 Å². The summed E-state index contributed by atoms with van der Waals surface area (Å²) in [4.78, 5) is 0. The van der Waals surface area contributed by atoms with Crippen LogP contribution >= 0.6 is 0 Å². The van der Waals surface area contributed by atoms with E-state index < -0.39 is 7.12 Å². The molecule has 0 fully saturated rings. The predicted molar refractivity (Wildman–Crippen MR) is 55.0 cm³/mol. The lowest BCUT2D eigenvalue weighted by molar-refractivity contribution is 0.426. The third kappa shape index (κ3) is 1.25. The molecule has 0 bridgehead atoms. The van der Waals surface area contributed by atoms with Gasteiger partial charge < -0.3 is 15.8 Å². The van der Waals surface area contributed by atoms with E-state index in [0.29, 0.717) is 11.3 Å². The number of fused-ring (bicyclic) bond motifs is 1. The molecule has 0 atom stereocenters. The van der Waals surface area contributed by atoms with Crippen LogP contribution in [-0.2, 0) is 7.05 Å². The maximum atomic E-state index is 8.98. The van der Waals surface area contributed by atoms with E-state index in [1.807, 2.05) is 0 Å². The molecule has 0 aliphatic heterocycles. The van der Waals surface area contributed by atoms with Crippen LogP contribution in [0.15, 0.2) is 18.2 Å². The molecule has 14 heavy (non-hydrogen) atoms. The molecule has 2 rings (SSSR count). The van der Waals surface area contributed by atoms with Crippen molar-refractivity contribution in [2.75, 3.05) is 5.73 Å². The lowest BCUT2D eigenvalue weighted by Gasteiger charge is -1.99. The Morgan fingerprint density at radius 2 is 2.14 bits per heavy atom. The summed E-state index contributed by atoms with van der Waals surface area (Å²) in [5, 5.41) is 22.8. The predicted octanol–water partition coefficient (Wildman–Crippen LogP) is -1.16. The van der Waals surface area contributed by atoms with Gasteiger partial charge in [0.1, 0.15) is 0 Å². The minimum Gasteiger partial charge on any atom is -0.423 e. The number of nitrogen functional groups attached to an aromatic ring is 1. The molecule has 1 aromatic heterocycles. The van der Waals surface area contributed by atoms with Crippen LogP contribution in [0.3, 0.4) is 0 Å². The monoisotopic (exact) mass is 191 g/mol. The molecule has 0 aliphatic rings. The molecule has 5 nitrogen and oxygen atoms in total. The lowest BCUT2D eigenvalue weighted by Crippen LogP contribution is -2.29. The highest BCUT2D eigenvalue weighted by Gasteiger charge is 2.13. The summed E-state index contributed by atoms with van der Waals surface area (Å²) < 4.78 is 1.61. The Morgan fingerprint density at radius 1 is 1.43 bits per heavy atom. The van der Waals surface area contributed by atoms with Crippen LogP contribution in [-0.4, -0.2) is 26.9 Å². The van der Waals surface area contributed by atoms with Crippen LogP contribution < -0.4 is 11.2 Å². The zero-order valence-electron chi connectivity index (χ0n) is 7.68. The van der Waals surface area contributed by atoms with Gasteiger partial charge in [-0.05, 0) is 17.6 Å². The summed E-state index contributed by atoms with van der Waals surface area (Å²) in [7, 11) is 0.294. The maximum Gasteiger partial charge on any atom is 0.488 e. The first kappa shape index (κ1) is 9.05. The Balaban J connectivity index is 2.71. The highest BCUT2D eigenvalue weighted by atomic mass is 16.4. The lowest BCUT2D eigenvalue weighted by atomic mass is 9.80. The molecule has 1 heterocycles. The van der Waals surface area contributed by atoms with Crippen LogP contribution in [0.1, 0.15) is 0 Å². The van der Waals surface area contributed by atoms with Gasteiger partial charge in [-0.15, -0.1) is 0 Å². The highest BCUT2D eigenvalue weighted by molar-refractivity contribution is 6.58. The van der Waals surface area contributed by atoms with Gasteiger partial charge in [0.15, 0.2) is 5.82 Å². The van der Waals surface area contributed by atoms with E-state index in [0.717, 1.165) is 10.9 Å². The highest BCUT2D eigenvalue weighted by Crippen LogP contribution is 2.17. The van der Waals surface area contributed by atoms with E-state index in [4.69, 9.17) is 15.8 Å². The number of nitrogens with two attached hydrogens (primary N) is 1. The van der Waals surface area contributed by atoms with E-state index >= 15 is 0 Å². The summed E-state index contributed by atoms with van der Waals surface area (Å²) in [5.41, 5.74) is 6.86. The Labute approximate surface area is 80.9 Å². The number of hydrogen-bond donors (Lipinski definition) is 3. The maximum absolute atomic E-state index is 8.98. The number of aryl methyl sites for hydroxylation is 1. The van der Waals surface area contributed by atoms with Crippen molar-refractivity contribution >= 4 is 29.3 Å². The fourth-order valence-corrected chi connectivity index (χ4v) is 1.46. The Morgan fingerprint density at radius 3 is 2.79 bits per heavy atom. The fourth-order valence-electron chi connectivity index (χ4n) is 1.46. The van der Waals surface area contributed by atoms with Crippen LogP contribution in [0, 0.1) is 0 Å². The molecule has 0 radical (unpaired) electrons. The van der Waals surface area contributed by atoms with Gasteiger partial charge in [0, 0.05) is 12.4 Å². The number of anilines is 1. The van der Waals surface area contributed by atoms with E-state index in [1.165, 1.54) is 0 Å². The van der Waals surface area contributed by atoms with Crippen molar-refractivity contribution in [3.63, 3.8) is 0 Å². The van der Waals surface area contributed by atoms with Crippen LogP contribution in [0.2, 0.25) is 0 Å². The van der Waals surface area contributed by atoms with Crippen molar-refractivity contribution in [3.8, 4) is 0 Å². The first-order valence-electron chi connectivity index (χ1n) is 4.18. The topological polar surface area (TPSA) is 84.3 Å². The van der Waals surface area contributed by atoms with E-state index in [2.05, 4.69) is 5.10 Å². The van der Waals surface area contributed by atoms with Gasteiger partial charge >= 0.3 is 7.12 Å². The van der Waals surface area contributed by atoms with Crippen LogP contribution in [0.5, 0.6) is 0 Å². The fraction of sp³-hybridized carbons (Fsp3) is 0.125. The van der Waals surface area contributed by atoms with Crippen molar-refractivity contribution in [2.24, 2.45) is 7.05 Å². The molecule has 1 aromatic carbocycles. The largest absolute Gasteiger partial charge is 0.488 e. The third-order valence-corrected chi connectivity index (χ3v) is 2.20. The molecule has 4 N–H and O–H groups in total. The van der Waals surface area contributed by atoms with Crippen LogP contribution in [0.4, 0.5) is 5.82 Å². The Kier molecular flexibility index (Phi) is 1.94. The molecule has 0 unspecified atom stereocenters. The van der Waals surface area contributed by atoms with E-state index in [1.54, 1.807) is 29.9 Å². The molecule has 0 amide bonds. The van der Waals surface area contributed by atoms with Crippen molar-refractivity contribution < 1.29 is 10.0 Å². The number of nitrogens with zero attached hydrogens (tertiary/aromatic N) is 2. The molecular weight excluding hydrogens is 181 g/mol. The average Bonchev–Trinajstić information content (AvgIpc) is 2.42. The van der Waals surface area contributed by atoms with E-state index in [9.17, 15) is 0 Å². The molecule has 0 aliphatic carbocycles. The molecule has 0 saturated heterocycles. The van der Waals surface area contributed by atoms with Gasteiger partial charge in [0.2, 0.25) is 0 Å². The quantitative estimate of drug-likeness (QED) is 0.496. The van der Waals surface area contributed by atoms with Gasteiger partial charge in [-0.1, -0.05) is 6.07 Å². The minimum absolute atomic E-state index is 0.431. The molecule has 0 spiro atoms.